The third kappa shape index (κ3) is 2.70. The molecule has 23 heavy (non-hydrogen) atoms. The Morgan fingerprint density at radius 1 is 1.13 bits per heavy atom. The molecule has 4 nitrogen and oxygen atoms in total. The Bertz CT molecular complexity index is 925. The highest BCUT2D eigenvalue weighted by Crippen LogP contribution is 2.29. The Kier molecular flexibility index (Phi) is 3.65. The van der Waals surface area contributed by atoms with E-state index in [0.717, 1.165) is 18.2 Å². The van der Waals surface area contributed by atoms with Crippen molar-refractivity contribution in [3.63, 3.8) is 0 Å². The van der Waals surface area contributed by atoms with Gasteiger partial charge < -0.3 is 9.84 Å². The van der Waals surface area contributed by atoms with Gasteiger partial charge in [0.25, 0.3) is 0 Å². The minimum absolute atomic E-state index is 0.0528. The van der Waals surface area contributed by atoms with Gasteiger partial charge in [0.1, 0.15) is 17.4 Å². The van der Waals surface area contributed by atoms with Crippen LogP contribution >= 0.6 is 0 Å². The number of halogens is 2. The first kappa shape index (κ1) is 14.9. The molecule has 3 rings (SSSR count). The predicted octanol–water partition coefficient (Wildman–Crippen LogP) is 3.89. The van der Waals surface area contributed by atoms with E-state index in [-0.39, 0.29) is 16.8 Å². The highest BCUT2D eigenvalue weighted by atomic mass is 19.1. The monoisotopic (exact) mass is 315 g/mol. The largest absolute Gasteiger partial charge is 0.497 e. The number of methoxy groups -OCH3 is 1. The molecule has 0 radical (unpaired) electrons. The van der Waals surface area contributed by atoms with Crippen LogP contribution in [0.3, 0.4) is 0 Å². The third-order valence-electron chi connectivity index (χ3n) is 3.45. The van der Waals surface area contributed by atoms with Crippen LogP contribution in [0.15, 0.2) is 42.5 Å². The van der Waals surface area contributed by atoms with Gasteiger partial charge in [0.05, 0.1) is 23.9 Å². The van der Waals surface area contributed by atoms with Crippen molar-refractivity contribution in [1.82, 2.24) is 4.98 Å². The summed E-state index contributed by atoms with van der Waals surface area (Å²) in [7, 11) is 1.46. The molecule has 0 spiro atoms. The van der Waals surface area contributed by atoms with Crippen LogP contribution in [0.4, 0.5) is 8.78 Å². The number of hydrogen-bond acceptors (Lipinski definition) is 3. The number of pyridine rings is 1. The van der Waals surface area contributed by atoms with Crippen molar-refractivity contribution in [2.75, 3.05) is 7.11 Å². The molecule has 0 unspecified atom stereocenters. The molecule has 1 heterocycles. The molecule has 1 aromatic heterocycles. The third-order valence-corrected chi connectivity index (χ3v) is 3.45. The normalized spacial score (nSPS) is 10.7. The second kappa shape index (κ2) is 5.64. The molecule has 0 bridgehead atoms. The number of carboxylic acid groups (broad SMARTS) is 1. The molecule has 3 aromatic rings. The zero-order valence-electron chi connectivity index (χ0n) is 12.0. The highest BCUT2D eigenvalue weighted by Gasteiger charge is 2.16. The Morgan fingerprint density at radius 2 is 1.91 bits per heavy atom. The summed E-state index contributed by atoms with van der Waals surface area (Å²) < 4.78 is 32.4. The van der Waals surface area contributed by atoms with Crippen LogP contribution in [0.25, 0.3) is 22.2 Å². The SMILES string of the molecule is COc1ccc2nc(-c3cc(F)ccc3F)cc(C(=O)O)c2c1. The number of aromatic carboxylic acids is 1. The summed E-state index contributed by atoms with van der Waals surface area (Å²) in [6, 6.07) is 8.90. The lowest BCUT2D eigenvalue weighted by molar-refractivity contribution is 0.0699. The summed E-state index contributed by atoms with van der Waals surface area (Å²) in [5.41, 5.74) is 0.249. The average molecular weight is 315 g/mol. The maximum Gasteiger partial charge on any atom is 0.336 e. The molecule has 0 fully saturated rings. The summed E-state index contributed by atoms with van der Waals surface area (Å²) in [5.74, 6) is -2.02. The summed E-state index contributed by atoms with van der Waals surface area (Å²) >= 11 is 0. The second-order valence-corrected chi connectivity index (χ2v) is 4.87. The summed E-state index contributed by atoms with van der Waals surface area (Å²) in [6.07, 6.45) is 0. The number of fused-ring (bicyclic) bond motifs is 1. The molecule has 0 aliphatic carbocycles. The number of ether oxygens (including phenoxy) is 1. The van der Waals surface area contributed by atoms with Gasteiger partial charge in [0.15, 0.2) is 0 Å². The van der Waals surface area contributed by atoms with Crippen molar-refractivity contribution in [2.24, 2.45) is 0 Å². The fraction of sp³-hybridized carbons (Fsp3) is 0.0588. The number of carboxylic acids is 1. The Morgan fingerprint density at radius 3 is 2.61 bits per heavy atom. The van der Waals surface area contributed by atoms with E-state index >= 15 is 0 Å². The Labute approximate surface area is 130 Å². The molecular formula is C17H11F2NO3. The van der Waals surface area contributed by atoms with E-state index in [1.165, 1.54) is 19.2 Å². The second-order valence-electron chi connectivity index (χ2n) is 4.87. The lowest BCUT2D eigenvalue weighted by Crippen LogP contribution is -2.01. The van der Waals surface area contributed by atoms with Gasteiger partial charge in [0, 0.05) is 10.9 Å². The van der Waals surface area contributed by atoms with Crippen LogP contribution in [-0.2, 0) is 0 Å². The van der Waals surface area contributed by atoms with Crippen molar-refractivity contribution < 1.29 is 23.4 Å². The van der Waals surface area contributed by atoms with Crippen molar-refractivity contribution >= 4 is 16.9 Å². The summed E-state index contributed by atoms with van der Waals surface area (Å²) in [4.78, 5) is 15.8. The van der Waals surface area contributed by atoms with E-state index in [2.05, 4.69) is 4.98 Å². The van der Waals surface area contributed by atoms with Gasteiger partial charge in [-0.1, -0.05) is 0 Å². The zero-order valence-corrected chi connectivity index (χ0v) is 12.0. The predicted molar refractivity (Wildman–Crippen MR) is 80.6 cm³/mol. The molecule has 0 saturated heterocycles. The average Bonchev–Trinajstić information content (AvgIpc) is 2.55. The van der Waals surface area contributed by atoms with Gasteiger partial charge in [-0.2, -0.15) is 0 Å². The van der Waals surface area contributed by atoms with Gasteiger partial charge in [-0.3, -0.25) is 0 Å². The first-order chi connectivity index (χ1) is 11.0. The zero-order chi connectivity index (χ0) is 16.6. The number of nitrogens with zero attached hydrogens (tertiary/aromatic N) is 1. The van der Waals surface area contributed by atoms with Gasteiger partial charge in [0.2, 0.25) is 0 Å². The Balaban J connectivity index is 2.31. The van der Waals surface area contributed by atoms with E-state index in [1.807, 2.05) is 0 Å². The van der Waals surface area contributed by atoms with Crippen molar-refractivity contribution in [3.8, 4) is 17.0 Å². The first-order valence-electron chi connectivity index (χ1n) is 6.67. The van der Waals surface area contributed by atoms with Gasteiger partial charge in [-0.25, -0.2) is 18.6 Å². The topological polar surface area (TPSA) is 59.4 Å². The Hall–Kier alpha value is -3.02. The number of benzene rings is 2. The minimum atomic E-state index is -1.19. The van der Waals surface area contributed by atoms with E-state index < -0.39 is 17.6 Å². The maximum absolute atomic E-state index is 13.9. The molecule has 0 atom stereocenters. The number of carbonyl (C=O) groups is 1. The van der Waals surface area contributed by atoms with E-state index in [1.54, 1.807) is 12.1 Å². The molecular weight excluding hydrogens is 304 g/mol. The fourth-order valence-corrected chi connectivity index (χ4v) is 2.34. The first-order valence-corrected chi connectivity index (χ1v) is 6.67. The van der Waals surface area contributed by atoms with Crippen LogP contribution in [0, 0.1) is 11.6 Å². The van der Waals surface area contributed by atoms with Crippen molar-refractivity contribution in [2.45, 2.75) is 0 Å². The van der Waals surface area contributed by atoms with Crippen LogP contribution in [-0.4, -0.2) is 23.2 Å². The smallest absolute Gasteiger partial charge is 0.336 e. The van der Waals surface area contributed by atoms with Gasteiger partial charge >= 0.3 is 5.97 Å². The molecule has 0 aliphatic rings. The van der Waals surface area contributed by atoms with Crippen molar-refractivity contribution in [1.29, 1.82) is 0 Å². The standard InChI is InChI=1S/C17H11F2NO3/c1-23-10-3-5-15-11(7-10)12(17(21)22)8-16(20-15)13-6-9(18)2-4-14(13)19/h2-8H,1H3,(H,21,22). The highest BCUT2D eigenvalue weighted by molar-refractivity contribution is 6.04. The van der Waals surface area contributed by atoms with Gasteiger partial charge in [-0.15, -0.1) is 0 Å². The molecule has 2 aromatic carbocycles. The lowest BCUT2D eigenvalue weighted by Gasteiger charge is -2.09. The van der Waals surface area contributed by atoms with Crippen molar-refractivity contribution in [3.05, 3.63) is 59.7 Å². The van der Waals surface area contributed by atoms with Crippen LogP contribution < -0.4 is 4.74 Å². The van der Waals surface area contributed by atoms with Crippen LogP contribution in [0.5, 0.6) is 5.75 Å². The summed E-state index contributed by atoms with van der Waals surface area (Å²) in [6.45, 7) is 0. The molecule has 0 aliphatic heterocycles. The van der Waals surface area contributed by atoms with Crippen LogP contribution in [0.2, 0.25) is 0 Å². The number of rotatable bonds is 3. The number of aromatic nitrogens is 1. The minimum Gasteiger partial charge on any atom is -0.497 e. The van der Waals surface area contributed by atoms with E-state index in [4.69, 9.17) is 4.74 Å². The van der Waals surface area contributed by atoms with E-state index in [0.29, 0.717) is 16.7 Å². The quantitative estimate of drug-likeness (QED) is 0.796. The van der Waals surface area contributed by atoms with Gasteiger partial charge in [-0.05, 0) is 42.5 Å². The molecule has 0 saturated carbocycles. The number of hydrogen-bond donors (Lipinski definition) is 1. The van der Waals surface area contributed by atoms with Crippen LogP contribution in [0.1, 0.15) is 10.4 Å². The molecule has 116 valence electrons. The van der Waals surface area contributed by atoms with E-state index in [9.17, 15) is 18.7 Å². The fourth-order valence-electron chi connectivity index (χ4n) is 2.34. The lowest BCUT2D eigenvalue weighted by atomic mass is 10.0. The maximum atomic E-state index is 13.9. The summed E-state index contributed by atoms with van der Waals surface area (Å²) in [5, 5.41) is 9.76. The molecule has 0 amide bonds. The molecule has 1 N–H and O–H groups in total. The molecule has 6 heteroatoms.